The number of hydrogen-bond donors (Lipinski definition) is 1. The van der Waals surface area contributed by atoms with Crippen molar-refractivity contribution in [3.8, 4) is 5.75 Å². The van der Waals surface area contributed by atoms with Crippen molar-refractivity contribution in [1.82, 2.24) is 10.1 Å². The molecular formula is C21H19N3O4. The van der Waals surface area contributed by atoms with Crippen LogP contribution in [0.2, 0.25) is 0 Å². The quantitative estimate of drug-likeness (QED) is 0.497. The van der Waals surface area contributed by atoms with Crippen molar-refractivity contribution < 1.29 is 18.8 Å². The number of aryl methyl sites for hydroxylation is 1. The molecule has 0 unspecified atom stereocenters. The summed E-state index contributed by atoms with van der Waals surface area (Å²) in [6.45, 7) is 3.36. The van der Waals surface area contributed by atoms with Crippen molar-refractivity contribution in [3.63, 3.8) is 0 Å². The molecule has 3 rings (SSSR count). The highest BCUT2D eigenvalue weighted by atomic mass is 16.5. The number of benzene rings is 2. The maximum absolute atomic E-state index is 12.3. The largest absolute Gasteiger partial charge is 0.485 e. The summed E-state index contributed by atoms with van der Waals surface area (Å²) < 4.78 is 10.5. The van der Waals surface area contributed by atoms with Gasteiger partial charge < -0.3 is 14.6 Å². The minimum Gasteiger partial charge on any atom is -0.485 e. The normalized spacial score (nSPS) is 10.8. The number of carbonyl (C=O) groups excluding carboxylic acids is 2. The molecule has 142 valence electrons. The molecule has 0 atom stereocenters. The standard InChI is InChI=1S/C21H19N3O4/c1-14(25)22-18-5-3-4-17(12-18)20(26)11-8-16-6-9-19(10-7-16)27-13-21-23-15(2)28-24-21/h3-12H,13H2,1-2H3,(H,22,25)/b11-8+. The molecular weight excluding hydrogens is 358 g/mol. The summed E-state index contributed by atoms with van der Waals surface area (Å²) in [5.41, 5.74) is 1.94. The van der Waals surface area contributed by atoms with Gasteiger partial charge in [-0.3, -0.25) is 9.59 Å². The average Bonchev–Trinajstić information content (AvgIpc) is 3.10. The first-order chi connectivity index (χ1) is 13.5. The van der Waals surface area contributed by atoms with Gasteiger partial charge in [-0.05, 0) is 35.9 Å². The summed E-state index contributed by atoms with van der Waals surface area (Å²) in [4.78, 5) is 27.5. The van der Waals surface area contributed by atoms with E-state index in [0.29, 0.717) is 28.7 Å². The van der Waals surface area contributed by atoms with Crippen LogP contribution in [0.1, 0.15) is 34.6 Å². The minimum atomic E-state index is -0.183. The summed E-state index contributed by atoms with van der Waals surface area (Å²) in [5, 5.41) is 6.43. The van der Waals surface area contributed by atoms with Crippen molar-refractivity contribution in [3.05, 3.63) is 77.4 Å². The second-order valence-electron chi connectivity index (χ2n) is 6.05. The Morgan fingerprint density at radius 2 is 1.96 bits per heavy atom. The molecule has 0 aliphatic rings. The molecule has 0 spiro atoms. The molecule has 1 amide bonds. The first kappa shape index (κ1) is 19.0. The Bertz CT molecular complexity index is 1010. The highest BCUT2D eigenvalue weighted by Gasteiger charge is 2.05. The number of hydrogen-bond acceptors (Lipinski definition) is 6. The molecule has 0 aliphatic carbocycles. The Kier molecular flexibility index (Phi) is 5.96. The SMILES string of the molecule is CC(=O)Nc1cccc(C(=O)/C=C/c2ccc(OCc3noc(C)n3)cc2)c1. The number of allylic oxidation sites excluding steroid dienone is 1. The van der Waals surface area contributed by atoms with Crippen LogP contribution >= 0.6 is 0 Å². The first-order valence-electron chi connectivity index (χ1n) is 8.62. The predicted molar refractivity (Wildman–Crippen MR) is 104 cm³/mol. The number of nitrogens with one attached hydrogen (secondary N) is 1. The molecule has 1 N–H and O–H groups in total. The molecule has 0 fully saturated rings. The fourth-order valence-electron chi connectivity index (χ4n) is 2.44. The average molecular weight is 377 g/mol. The van der Waals surface area contributed by atoms with Gasteiger partial charge in [-0.25, -0.2) is 0 Å². The van der Waals surface area contributed by atoms with Crippen molar-refractivity contribution in [2.75, 3.05) is 5.32 Å². The zero-order valence-corrected chi connectivity index (χ0v) is 15.5. The molecule has 0 saturated heterocycles. The van der Waals surface area contributed by atoms with Crippen LogP contribution in [0.5, 0.6) is 5.75 Å². The van der Waals surface area contributed by atoms with Crippen molar-refractivity contribution in [2.45, 2.75) is 20.5 Å². The summed E-state index contributed by atoms with van der Waals surface area (Å²) in [6.07, 6.45) is 3.21. The molecule has 0 bridgehead atoms. The minimum absolute atomic E-state index is 0.153. The van der Waals surface area contributed by atoms with Crippen LogP contribution in [-0.4, -0.2) is 21.8 Å². The molecule has 28 heavy (non-hydrogen) atoms. The van der Waals surface area contributed by atoms with Crippen LogP contribution in [0.4, 0.5) is 5.69 Å². The van der Waals surface area contributed by atoms with Crippen molar-refractivity contribution in [1.29, 1.82) is 0 Å². The Balaban J connectivity index is 1.59. The zero-order valence-electron chi connectivity index (χ0n) is 15.5. The number of ether oxygens (including phenoxy) is 1. The van der Waals surface area contributed by atoms with Crippen molar-refractivity contribution in [2.24, 2.45) is 0 Å². The lowest BCUT2D eigenvalue weighted by atomic mass is 10.1. The smallest absolute Gasteiger partial charge is 0.223 e. The Morgan fingerprint density at radius 1 is 1.18 bits per heavy atom. The van der Waals surface area contributed by atoms with Gasteiger partial charge in [0.15, 0.2) is 12.4 Å². The maximum atomic E-state index is 12.3. The van der Waals surface area contributed by atoms with Gasteiger partial charge in [-0.15, -0.1) is 0 Å². The number of carbonyl (C=O) groups is 2. The number of anilines is 1. The fourth-order valence-corrected chi connectivity index (χ4v) is 2.44. The summed E-state index contributed by atoms with van der Waals surface area (Å²) in [7, 11) is 0. The number of nitrogens with zero attached hydrogens (tertiary/aromatic N) is 2. The monoisotopic (exact) mass is 377 g/mol. The number of amides is 1. The summed E-state index contributed by atoms with van der Waals surface area (Å²) in [6, 6.07) is 14.1. The molecule has 0 aliphatic heterocycles. The lowest BCUT2D eigenvalue weighted by Gasteiger charge is -2.04. The van der Waals surface area contributed by atoms with Crippen LogP contribution < -0.4 is 10.1 Å². The second-order valence-corrected chi connectivity index (χ2v) is 6.05. The number of ketones is 1. The zero-order chi connectivity index (χ0) is 19.9. The third-order valence-electron chi connectivity index (χ3n) is 3.71. The topological polar surface area (TPSA) is 94.3 Å². The van der Waals surface area contributed by atoms with Crippen LogP contribution in [0.15, 0.2) is 59.1 Å². The van der Waals surface area contributed by atoms with Gasteiger partial charge in [0, 0.05) is 25.1 Å². The van der Waals surface area contributed by atoms with E-state index in [4.69, 9.17) is 9.26 Å². The van der Waals surface area contributed by atoms with Gasteiger partial charge in [-0.1, -0.05) is 35.5 Å². The van der Waals surface area contributed by atoms with E-state index in [0.717, 1.165) is 5.56 Å². The van der Waals surface area contributed by atoms with Crippen LogP contribution in [0.3, 0.4) is 0 Å². The van der Waals surface area contributed by atoms with Crippen LogP contribution in [0, 0.1) is 6.92 Å². The molecule has 7 heteroatoms. The van der Waals surface area contributed by atoms with Crippen molar-refractivity contribution >= 4 is 23.5 Å². The summed E-state index contributed by atoms with van der Waals surface area (Å²) >= 11 is 0. The fraction of sp³-hybridized carbons (Fsp3) is 0.143. The molecule has 1 heterocycles. The van der Waals surface area contributed by atoms with E-state index in [1.165, 1.54) is 13.0 Å². The number of rotatable bonds is 7. The molecule has 0 radical (unpaired) electrons. The summed E-state index contributed by atoms with van der Waals surface area (Å²) in [5.74, 6) is 1.30. The lowest BCUT2D eigenvalue weighted by molar-refractivity contribution is -0.114. The Labute approximate surface area is 162 Å². The molecule has 0 saturated carbocycles. The third-order valence-corrected chi connectivity index (χ3v) is 3.71. The Hall–Kier alpha value is -3.74. The van der Waals surface area contributed by atoms with Gasteiger partial charge in [-0.2, -0.15) is 4.98 Å². The highest BCUT2D eigenvalue weighted by molar-refractivity contribution is 6.07. The van der Waals surface area contributed by atoms with Gasteiger partial charge in [0.25, 0.3) is 0 Å². The number of aromatic nitrogens is 2. The maximum Gasteiger partial charge on any atom is 0.223 e. The van der Waals surface area contributed by atoms with Crippen LogP contribution in [-0.2, 0) is 11.4 Å². The van der Waals surface area contributed by atoms with Gasteiger partial charge in [0.1, 0.15) is 5.75 Å². The molecule has 7 nitrogen and oxygen atoms in total. The third kappa shape index (κ3) is 5.38. The predicted octanol–water partition coefficient (Wildman–Crippen LogP) is 3.81. The van der Waals surface area contributed by atoms with E-state index in [1.54, 1.807) is 49.4 Å². The van der Waals surface area contributed by atoms with E-state index in [1.807, 2.05) is 12.1 Å². The molecule has 1 aromatic heterocycles. The van der Waals surface area contributed by atoms with E-state index in [2.05, 4.69) is 15.5 Å². The highest BCUT2D eigenvalue weighted by Crippen LogP contribution is 2.16. The van der Waals surface area contributed by atoms with E-state index in [-0.39, 0.29) is 18.3 Å². The first-order valence-corrected chi connectivity index (χ1v) is 8.62. The second kappa shape index (κ2) is 8.77. The van der Waals surface area contributed by atoms with Crippen LogP contribution in [0.25, 0.3) is 6.08 Å². The molecule has 3 aromatic rings. The molecule has 2 aromatic carbocycles. The Morgan fingerprint density at radius 3 is 2.64 bits per heavy atom. The van der Waals surface area contributed by atoms with Gasteiger partial charge in [0.05, 0.1) is 0 Å². The van der Waals surface area contributed by atoms with Gasteiger partial charge >= 0.3 is 0 Å². The van der Waals surface area contributed by atoms with E-state index >= 15 is 0 Å². The lowest BCUT2D eigenvalue weighted by Crippen LogP contribution is -2.06. The van der Waals surface area contributed by atoms with E-state index in [9.17, 15) is 9.59 Å². The van der Waals surface area contributed by atoms with E-state index < -0.39 is 0 Å². The van der Waals surface area contributed by atoms with Gasteiger partial charge in [0.2, 0.25) is 17.6 Å².